The molecule has 33 heavy (non-hydrogen) atoms. The minimum atomic E-state index is -1.90. The predicted octanol–water partition coefficient (Wildman–Crippen LogP) is 1.85. The average Bonchev–Trinajstić information content (AvgIpc) is 3.23. The van der Waals surface area contributed by atoms with Gasteiger partial charge in [0.2, 0.25) is 5.79 Å². The van der Waals surface area contributed by atoms with E-state index in [4.69, 9.17) is 9.72 Å². The molecule has 0 spiro atoms. The molecule has 0 aliphatic carbocycles. The number of thiazole rings is 1. The molecule has 8 nitrogen and oxygen atoms in total. The number of anilines is 1. The molecular weight excluding hydrogens is 442 g/mol. The lowest BCUT2D eigenvalue weighted by molar-refractivity contribution is -0.317. The van der Waals surface area contributed by atoms with Crippen LogP contribution in [0.1, 0.15) is 18.4 Å². The van der Waals surface area contributed by atoms with Crippen LogP contribution in [-0.2, 0) is 4.74 Å². The summed E-state index contributed by atoms with van der Waals surface area (Å²) in [6, 6.07) is 14.6. The summed E-state index contributed by atoms with van der Waals surface area (Å²) in [5.41, 5.74) is 4.42. The van der Waals surface area contributed by atoms with Gasteiger partial charge in [-0.05, 0) is 68.3 Å². The minimum absolute atomic E-state index is 0.0296. The van der Waals surface area contributed by atoms with Gasteiger partial charge in [0.25, 0.3) is 0 Å². The van der Waals surface area contributed by atoms with Crippen LogP contribution in [0.4, 0.5) is 5.69 Å². The van der Waals surface area contributed by atoms with Gasteiger partial charge in [-0.3, -0.25) is 0 Å². The first-order valence-corrected chi connectivity index (χ1v) is 12.0. The molecule has 1 aromatic heterocycles. The molecule has 4 atom stereocenters. The van der Waals surface area contributed by atoms with Crippen LogP contribution in [0.5, 0.6) is 0 Å². The van der Waals surface area contributed by atoms with Crippen LogP contribution in [0.25, 0.3) is 20.8 Å². The van der Waals surface area contributed by atoms with Crippen molar-refractivity contribution in [3.63, 3.8) is 0 Å². The number of aliphatic hydroxyl groups excluding tert-OH is 3. The van der Waals surface area contributed by atoms with Crippen molar-refractivity contribution in [3.8, 4) is 10.6 Å². The third kappa shape index (κ3) is 5.70. The smallest absolute Gasteiger partial charge is 0.207 e. The summed E-state index contributed by atoms with van der Waals surface area (Å²) in [6.07, 6.45) is -2.43. The summed E-state index contributed by atoms with van der Waals surface area (Å²) < 4.78 is 6.33. The molecule has 178 valence electrons. The second-order valence-corrected chi connectivity index (χ2v) is 9.57. The van der Waals surface area contributed by atoms with Gasteiger partial charge in [-0.15, -0.1) is 11.3 Å². The Hall–Kier alpha value is -2.11. The topological polar surface area (TPSA) is 127 Å². The van der Waals surface area contributed by atoms with Crippen molar-refractivity contribution in [1.82, 2.24) is 10.3 Å². The molecule has 2 heterocycles. The average molecular weight is 474 g/mol. The highest BCUT2D eigenvalue weighted by Crippen LogP contribution is 2.31. The van der Waals surface area contributed by atoms with E-state index in [0.717, 1.165) is 41.2 Å². The van der Waals surface area contributed by atoms with Crippen molar-refractivity contribution in [3.05, 3.63) is 48.0 Å². The molecule has 3 aromatic rings. The highest BCUT2D eigenvalue weighted by Gasteiger charge is 2.48. The van der Waals surface area contributed by atoms with Gasteiger partial charge >= 0.3 is 0 Å². The second kappa shape index (κ2) is 10.4. The zero-order valence-electron chi connectivity index (χ0n) is 18.6. The molecule has 0 bridgehead atoms. The second-order valence-electron chi connectivity index (χ2n) is 8.54. The molecule has 1 saturated heterocycles. The number of benzene rings is 2. The number of aryl methyl sites for hydroxylation is 1. The first-order chi connectivity index (χ1) is 15.9. The van der Waals surface area contributed by atoms with Crippen LogP contribution in [0.2, 0.25) is 0 Å². The maximum Gasteiger partial charge on any atom is 0.207 e. The van der Waals surface area contributed by atoms with Crippen molar-refractivity contribution >= 4 is 27.2 Å². The maximum absolute atomic E-state index is 10.3. The molecule has 2 aromatic carbocycles. The van der Waals surface area contributed by atoms with Crippen molar-refractivity contribution in [2.45, 2.75) is 43.9 Å². The zero-order chi connectivity index (χ0) is 23.4. The molecule has 0 radical (unpaired) electrons. The number of unbranched alkanes of at least 4 members (excludes halogenated alkanes) is 1. The highest BCUT2D eigenvalue weighted by molar-refractivity contribution is 7.21. The van der Waals surface area contributed by atoms with Crippen molar-refractivity contribution in [2.75, 3.05) is 31.6 Å². The van der Waals surface area contributed by atoms with Gasteiger partial charge < -0.3 is 35.8 Å². The Kier molecular flexibility index (Phi) is 7.60. The lowest BCUT2D eigenvalue weighted by Crippen LogP contribution is -2.64. The number of aromatic nitrogens is 1. The van der Waals surface area contributed by atoms with E-state index in [-0.39, 0.29) is 13.2 Å². The Labute approximate surface area is 196 Å². The number of nitrogens with zero attached hydrogens (tertiary/aromatic N) is 1. The monoisotopic (exact) mass is 473 g/mol. The van der Waals surface area contributed by atoms with E-state index in [1.54, 1.807) is 11.3 Å². The van der Waals surface area contributed by atoms with Gasteiger partial charge in [-0.2, -0.15) is 0 Å². The number of ether oxygens (including phenoxy) is 1. The Morgan fingerprint density at radius 3 is 2.64 bits per heavy atom. The van der Waals surface area contributed by atoms with Gasteiger partial charge in [0.05, 0.1) is 23.4 Å². The van der Waals surface area contributed by atoms with E-state index in [1.165, 1.54) is 10.3 Å². The largest absolute Gasteiger partial charge is 0.388 e. The van der Waals surface area contributed by atoms with Crippen LogP contribution in [0.15, 0.2) is 42.5 Å². The zero-order valence-corrected chi connectivity index (χ0v) is 19.4. The van der Waals surface area contributed by atoms with E-state index in [1.807, 2.05) is 0 Å². The fourth-order valence-corrected chi connectivity index (χ4v) is 4.88. The number of hydrogen-bond acceptors (Lipinski definition) is 9. The Morgan fingerprint density at radius 1 is 1.09 bits per heavy atom. The fourth-order valence-electron chi connectivity index (χ4n) is 3.81. The quantitative estimate of drug-likeness (QED) is 0.260. The van der Waals surface area contributed by atoms with Crippen LogP contribution < -0.4 is 10.6 Å². The molecule has 0 amide bonds. The summed E-state index contributed by atoms with van der Waals surface area (Å²) in [5.74, 6) is -1.90. The molecule has 1 aliphatic heterocycles. The fraction of sp³-hybridized carbons (Fsp3) is 0.458. The Bertz CT molecular complexity index is 1060. The van der Waals surface area contributed by atoms with Crippen LogP contribution in [0, 0.1) is 6.92 Å². The first-order valence-electron chi connectivity index (χ1n) is 11.2. The number of nitrogens with one attached hydrogen (secondary N) is 2. The van der Waals surface area contributed by atoms with Crippen LogP contribution in [-0.4, -0.2) is 75.8 Å². The molecule has 1 aliphatic rings. The van der Waals surface area contributed by atoms with Gasteiger partial charge in [0.1, 0.15) is 23.3 Å². The van der Waals surface area contributed by atoms with Crippen LogP contribution >= 0.6 is 11.3 Å². The number of fused-ring (bicyclic) bond motifs is 1. The van der Waals surface area contributed by atoms with Gasteiger partial charge in [0, 0.05) is 17.8 Å². The summed E-state index contributed by atoms with van der Waals surface area (Å²) in [7, 11) is 0. The predicted molar refractivity (Wildman–Crippen MR) is 129 cm³/mol. The Morgan fingerprint density at radius 2 is 1.85 bits per heavy atom. The van der Waals surface area contributed by atoms with E-state index in [2.05, 4.69) is 60.0 Å². The summed E-state index contributed by atoms with van der Waals surface area (Å²) in [6.45, 7) is 3.26. The lowest BCUT2D eigenvalue weighted by atomic mass is 9.97. The van der Waals surface area contributed by atoms with E-state index in [0.29, 0.717) is 6.54 Å². The van der Waals surface area contributed by atoms with Crippen molar-refractivity contribution in [2.24, 2.45) is 0 Å². The molecule has 4 unspecified atom stereocenters. The summed E-state index contributed by atoms with van der Waals surface area (Å²) >= 11 is 1.70. The molecule has 1 fully saturated rings. The number of rotatable bonds is 9. The highest BCUT2D eigenvalue weighted by atomic mass is 32.1. The standard InChI is InChI=1S/C24H31N3O5S/c1-15-4-9-18-20(12-15)33-23(27-18)16-5-7-17(8-6-16)26-11-3-2-10-25-14-24(31)22(30)21(29)19(28)13-32-24/h4-9,12,19,21-22,25-26,28-31H,2-3,10-11,13-14H2,1H3. The minimum Gasteiger partial charge on any atom is -0.388 e. The lowest BCUT2D eigenvalue weighted by Gasteiger charge is -2.41. The van der Waals surface area contributed by atoms with Crippen molar-refractivity contribution < 1.29 is 25.2 Å². The molecule has 0 saturated carbocycles. The van der Waals surface area contributed by atoms with Gasteiger partial charge in [0.15, 0.2) is 0 Å². The molecule has 4 rings (SSSR count). The SMILES string of the molecule is Cc1ccc2nc(-c3ccc(NCCCCNCC4(O)OCC(O)C(O)C4O)cc3)sc2c1. The molecular formula is C24H31N3O5S. The van der Waals surface area contributed by atoms with E-state index < -0.39 is 24.1 Å². The maximum atomic E-state index is 10.3. The number of aliphatic hydroxyl groups is 4. The summed E-state index contributed by atoms with van der Waals surface area (Å²) in [4.78, 5) is 4.73. The van der Waals surface area contributed by atoms with Gasteiger partial charge in [-0.25, -0.2) is 4.98 Å². The summed E-state index contributed by atoms with van der Waals surface area (Å²) in [5, 5.41) is 46.9. The van der Waals surface area contributed by atoms with E-state index >= 15 is 0 Å². The first kappa shape index (κ1) is 24.0. The van der Waals surface area contributed by atoms with Crippen molar-refractivity contribution in [1.29, 1.82) is 0 Å². The third-order valence-electron chi connectivity index (χ3n) is 5.85. The Balaban J connectivity index is 1.17. The molecule has 9 heteroatoms. The number of hydrogen-bond donors (Lipinski definition) is 6. The van der Waals surface area contributed by atoms with E-state index in [9.17, 15) is 20.4 Å². The van der Waals surface area contributed by atoms with Gasteiger partial charge in [-0.1, -0.05) is 6.07 Å². The third-order valence-corrected chi connectivity index (χ3v) is 6.91. The normalized spacial score (nSPS) is 25.4. The molecule has 6 N–H and O–H groups in total. The van der Waals surface area contributed by atoms with Crippen LogP contribution in [0.3, 0.4) is 0 Å².